The highest BCUT2D eigenvalue weighted by atomic mass is 35.5. The zero-order valence-corrected chi connectivity index (χ0v) is 10.7. The summed E-state index contributed by atoms with van der Waals surface area (Å²) in [5, 5.41) is 10.1. The Morgan fingerprint density at radius 3 is 2.88 bits per heavy atom. The fraction of sp³-hybridized carbons (Fsp3) is 0.462. The summed E-state index contributed by atoms with van der Waals surface area (Å²) in [5.74, 6) is 0.584. The Hall–Kier alpha value is -1.06. The lowest BCUT2D eigenvalue weighted by molar-refractivity contribution is 0.452. The minimum Gasteiger partial charge on any atom is -0.317 e. The maximum absolute atomic E-state index is 6.03. The van der Waals surface area contributed by atoms with Gasteiger partial charge in [-0.15, -0.1) is 0 Å². The topological polar surface area (TPSA) is 29.9 Å². The minimum atomic E-state index is 0.584. The first-order chi connectivity index (χ1) is 8.25. The second-order valence-corrected chi connectivity index (χ2v) is 5.13. The maximum Gasteiger partial charge on any atom is 0.0735 e. The number of aryl methyl sites for hydroxylation is 1. The number of hydrogen-bond donors (Lipinski definition) is 1. The van der Waals surface area contributed by atoms with Gasteiger partial charge in [0.1, 0.15) is 0 Å². The van der Waals surface area contributed by atoms with E-state index >= 15 is 0 Å². The van der Waals surface area contributed by atoms with Gasteiger partial charge in [0.25, 0.3) is 0 Å². The van der Waals surface area contributed by atoms with Crippen molar-refractivity contribution in [1.82, 2.24) is 15.1 Å². The molecule has 0 bridgehead atoms. The zero-order valence-electron chi connectivity index (χ0n) is 9.91. The molecule has 1 aromatic carbocycles. The molecule has 1 aliphatic rings. The number of nitrogens with one attached hydrogen (secondary N) is 1. The molecule has 4 heteroatoms. The number of aromatic nitrogens is 2. The monoisotopic (exact) mass is 249 g/mol. The van der Waals surface area contributed by atoms with Crippen molar-refractivity contribution in [3.05, 3.63) is 28.9 Å². The van der Waals surface area contributed by atoms with Crippen LogP contribution in [0, 0.1) is 0 Å². The lowest BCUT2D eigenvalue weighted by Gasteiger charge is -2.21. The number of halogens is 1. The third-order valence-electron chi connectivity index (χ3n) is 3.57. The van der Waals surface area contributed by atoms with Crippen molar-refractivity contribution < 1.29 is 0 Å². The van der Waals surface area contributed by atoms with Gasteiger partial charge in [-0.25, -0.2) is 0 Å². The molecule has 0 aliphatic carbocycles. The summed E-state index contributed by atoms with van der Waals surface area (Å²) < 4.78 is 1.94. The normalized spacial score (nSPS) is 17.8. The van der Waals surface area contributed by atoms with Crippen LogP contribution in [0.5, 0.6) is 0 Å². The Kier molecular flexibility index (Phi) is 2.81. The van der Waals surface area contributed by atoms with Crippen LogP contribution in [0.25, 0.3) is 10.9 Å². The standard InChI is InChI=1S/C13H16ClN3/c1-17-12-8-10(14)2-3-11(12)13(16-17)9-4-6-15-7-5-9/h2-3,8-9,15H,4-7H2,1H3. The molecule has 0 saturated carbocycles. The highest BCUT2D eigenvalue weighted by Gasteiger charge is 2.21. The van der Waals surface area contributed by atoms with Crippen molar-refractivity contribution in [1.29, 1.82) is 0 Å². The van der Waals surface area contributed by atoms with Crippen LogP contribution in [-0.2, 0) is 7.05 Å². The van der Waals surface area contributed by atoms with E-state index in [4.69, 9.17) is 11.6 Å². The molecule has 0 amide bonds. The van der Waals surface area contributed by atoms with Crippen LogP contribution in [0.3, 0.4) is 0 Å². The summed E-state index contributed by atoms with van der Waals surface area (Å²) in [7, 11) is 1.99. The van der Waals surface area contributed by atoms with Gasteiger partial charge in [-0.3, -0.25) is 4.68 Å². The number of rotatable bonds is 1. The summed E-state index contributed by atoms with van der Waals surface area (Å²) in [6.45, 7) is 2.19. The quantitative estimate of drug-likeness (QED) is 0.842. The minimum absolute atomic E-state index is 0.584. The second kappa shape index (κ2) is 4.31. The molecule has 90 valence electrons. The molecule has 3 rings (SSSR count). The first-order valence-electron chi connectivity index (χ1n) is 6.08. The molecule has 1 N–H and O–H groups in total. The molecular formula is C13H16ClN3. The van der Waals surface area contributed by atoms with Gasteiger partial charge in [0.15, 0.2) is 0 Å². The maximum atomic E-state index is 6.03. The van der Waals surface area contributed by atoms with E-state index in [1.807, 2.05) is 23.9 Å². The average Bonchev–Trinajstić information content (AvgIpc) is 2.68. The molecule has 1 fully saturated rings. The molecule has 2 heterocycles. The van der Waals surface area contributed by atoms with Crippen LogP contribution in [-0.4, -0.2) is 22.9 Å². The molecule has 1 aliphatic heterocycles. The number of nitrogens with zero attached hydrogens (tertiary/aromatic N) is 2. The second-order valence-electron chi connectivity index (χ2n) is 4.69. The SMILES string of the molecule is Cn1nc(C2CCNCC2)c2ccc(Cl)cc21. The van der Waals surface area contributed by atoms with Crippen LogP contribution in [0.4, 0.5) is 0 Å². The Morgan fingerprint density at radius 1 is 1.35 bits per heavy atom. The van der Waals surface area contributed by atoms with Crippen molar-refractivity contribution in [3.8, 4) is 0 Å². The zero-order chi connectivity index (χ0) is 11.8. The van der Waals surface area contributed by atoms with Gasteiger partial charge >= 0.3 is 0 Å². The van der Waals surface area contributed by atoms with E-state index in [1.165, 1.54) is 23.9 Å². The summed E-state index contributed by atoms with van der Waals surface area (Å²) in [6, 6.07) is 6.05. The van der Waals surface area contributed by atoms with Crippen molar-refractivity contribution in [3.63, 3.8) is 0 Å². The van der Waals surface area contributed by atoms with Crippen LogP contribution >= 0.6 is 11.6 Å². The Morgan fingerprint density at radius 2 is 2.12 bits per heavy atom. The molecule has 1 saturated heterocycles. The smallest absolute Gasteiger partial charge is 0.0735 e. The molecule has 0 unspecified atom stereocenters. The lowest BCUT2D eigenvalue weighted by Crippen LogP contribution is -2.26. The Labute approximate surface area is 106 Å². The molecule has 0 spiro atoms. The van der Waals surface area contributed by atoms with Crippen molar-refractivity contribution in [2.45, 2.75) is 18.8 Å². The van der Waals surface area contributed by atoms with Crippen LogP contribution in [0.2, 0.25) is 5.02 Å². The number of benzene rings is 1. The third kappa shape index (κ3) is 1.94. The summed E-state index contributed by atoms with van der Waals surface area (Å²) >= 11 is 6.03. The number of hydrogen-bond acceptors (Lipinski definition) is 2. The van der Waals surface area contributed by atoms with E-state index in [1.54, 1.807) is 0 Å². The largest absolute Gasteiger partial charge is 0.317 e. The molecule has 2 aromatic rings. The highest BCUT2D eigenvalue weighted by Crippen LogP contribution is 2.31. The van der Waals surface area contributed by atoms with Gasteiger partial charge in [0.05, 0.1) is 11.2 Å². The van der Waals surface area contributed by atoms with Gasteiger partial charge < -0.3 is 5.32 Å². The van der Waals surface area contributed by atoms with Crippen molar-refractivity contribution >= 4 is 22.5 Å². The van der Waals surface area contributed by atoms with Gasteiger partial charge in [-0.2, -0.15) is 5.10 Å². The average molecular weight is 250 g/mol. The molecule has 0 radical (unpaired) electrons. The first kappa shape index (κ1) is 11.1. The lowest BCUT2D eigenvalue weighted by atomic mass is 9.93. The predicted molar refractivity (Wildman–Crippen MR) is 70.6 cm³/mol. The van der Waals surface area contributed by atoms with Crippen molar-refractivity contribution in [2.24, 2.45) is 7.05 Å². The van der Waals surface area contributed by atoms with E-state index in [0.29, 0.717) is 5.92 Å². The van der Waals surface area contributed by atoms with E-state index in [-0.39, 0.29) is 0 Å². The number of piperidine rings is 1. The number of fused-ring (bicyclic) bond motifs is 1. The summed E-state index contributed by atoms with van der Waals surface area (Å²) in [5.41, 5.74) is 2.37. The molecule has 3 nitrogen and oxygen atoms in total. The van der Waals surface area contributed by atoms with Gasteiger partial charge in [-0.1, -0.05) is 11.6 Å². The Balaban J connectivity index is 2.10. The van der Waals surface area contributed by atoms with E-state index < -0.39 is 0 Å². The van der Waals surface area contributed by atoms with Gasteiger partial charge in [-0.05, 0) is 44.1 Å². The highest BCUT2D eigenvalue weighted by molar-refractivity contribution is 6.31. The summed E-state index contributed by atoms with van der Waals surface area (Å²) in [4.78, 5) is 0. The third-order valence-corrected chi connectivity index (χ3v) is 3.80. The summed E-state index contributed by atoms with van der Waals surface area (Å²) in [6.07, 6.45) is 2.35. The molecule has 1 aromatic heterocycles. The fourth-order valence-corrected chi connectivity index (χ4v) is 2.82. The van der Waals surface area contributed by atoms with Gasteiger partial charge in [0, 0.05) is 23.4 Å². The van der Waals surface area contributed by atoms with Gasteiger partial charge in [0.2, 0.25) is 0 Å². The Bertz CT molecular complexity index is 541. The van der Waals surface area contributed by atoms with Crippen molar-refractivity contribution in [2.75, 3.05) is 13.1 Å². The molecule has 0 atom stereocenters. The van der Waals surface area contributed by atoms with E-state index in [9.17, 15) is 0 Å². The van der Waals surface area contributed by atoms with Crippen LogP contribution in [0.1, 0.15) is 24.5 Å². The van der Waals surface area contributed by atoms with Crippen LogP contribution < -0.4 is 5.32 Å². The predicted octanol–water partition coefficient (Wildman–Crippen LogP) is 2.69. The molecular weight excluding hydrogens is 234 g/mol. The first-order valence-corrected chi connectivity index (χ1v) is 6.46. The fourth-order valence-electron chi connectivity index (χ4n) is 2.66. The van der Waals surface area contributed by atoms with E-state index in [2.05, 4.69) is 16.5 Å². The molecule has 17 heavy (non-hydrogen) atoms. The van der Waals surface area contributed by atoms with Crippen LogP contribution in [0.15, 0.2) is 18.2 Å². The van der Waals surface area contributed by atoms with E-state index in [0.717, 1.165) is 23.6 Å².